The Hall–Kier alpha value is 4.34. The molecule has 0 unspecified atom stereocenters. The summed E-state index contributed by atoms with van der Waals surface area (Å²) in [5.74, 6) is 0. The minimum atomic E-state index is -6.51. The molecule has 0 saturated carbocycles. The molecule has 30 heavy (non-hydrogen) atoms. The van der Waals surface area contributed by atoms with Gasteiger partial charge >= 0.3 is 148 Å². The van der Waals surface area contributed by atoms with Crippen LogP contribution in [0.3, 0.4) is 0 Å². The predicted octanol–water partition coefficient (Wildman–Crippen LogP) is -17.0. The molecule has 0 spiro atoms. The van der Waals surface area contributed by atoms with Gasteiger partial charge in [0.2, 0.25) is 0 Å². The first kappa shape index (κ1) is 47.5. The van der Waals surface area contributed by atoms with Crippen molar-refractivity contribution < 1.29 is 191 Å². The molecular weight excluding hydrogens is 510 g/mol. The van der Waals surface area contributed by atoms with Crippen LogP contribution < -0.4 is 177 Å². The summed E-state index contributed by atoms with van der Waals surface area (Å²) in [7, 11) is -19.5. The Balaban J connectivity index is -0.0000000900. The molecule has 0 radical (unpaired) electrons. The number of hydrogen-bond acceptors (Lipinski definition) is 10. The van der Waals surface area contributed by atoms with Crippen molar-refractivity contribution >= 4 is 22.8 Å². The first-order valence-corrected chi connectivity index (χ1v) is 11.2. The van der Waals surface area contributed by atoms with Crippen molar-refractivity contribution in [1.29, 1.82) is 0 Å². The molecule has 0 amide bonds. The number of aryl methyl sites for hydroxylation is 3. The Bertz CT molecular complexity index is 675. The van der Waals surface area contributed by atoms with Crippen molar-refractivity contribution in [2.75, 3.05) is 0 Å². The maximum Gasteiger partial charge on any atom is 1.00 e. The fraction of sp³-hybridized carbons (Fsp3) is 0.417. The molecule has 0 fully saturated rings. The SMILES string of the molecule is C=CCC(P(=O)([O-])[O-])(P(=O)([O-])[O-])P(=O)([O-])[O-].Cc1cc(C)nc(C)c1.[Na+].[Na+].[Na+].[Na+].[Na+]. The Morgan fingerprint density at radius 2 is 1.07 bits per heavy atom. The molecule has 0 aromatic carbocycles. The quantitative estimate of drug-likeness (QED) is 0.201. The summed E-state index contributed by atoms with van der Waals surface area (Å²) in [6.07, 6.45) is -1.21. The van der Waals surface area contributed by atoms with Crippen LogP contribution in [0.25, 0.3) is 0 Å². The zero-order valence-corrected chi connectivity index (χ0v) is 31.3. The van der Waals surface area contributed by atoms with E-state index >= 15 is 0 Å². The number of hydrogen-bond donors (Lipinski definition) is 0. The van der Waals surface area contributed by atoms with Crippen LogP contribution in [0.2, 0.25) is 0 Å². The minimum Gasteiger partial charge on any atom is -0.810 e. The van der Waals surface area contributed by atoms with Gasteiger partial charge in [-0.25, -0.2) is 0 Å². The van der Waals surface area contributed by atoms with Crippen molar-refractivity contribution in [3.63, 3.8) is 0 Å². The zero-order chi connectivity index (χ0) is 20.3. The van der Waals surface area contributed by atoms with E-state index in [1.54, 1.807) is 0 Å². The molecule has 0 aliphatic carbocycles. The summed E-state index contributed by atoms with van der Waals surface area (Å²) >= 11 is 0. The van der Waals surface area contributed by atoms with Crippen LogP contribution in [0.1, 0.15) is 23.4 Å². The second-order valence-corrected chi connectivity index (χ2v) is 11.5. The molecular formula is C12H16NNa5O9P3-. The van der Waals surface area contributed by atoms with Crippen molar-refractivity contribution in [3.8, 4) is 0 Å². The van der Waals surface area contributed by atoms with Gasteiger partial charge in [0.25, 0.3) is 0 Å². The second kappa shape index (κ2) is 19.5. The first-order valence-electron chi connectivity index (χ1n) is 6.59. The molecule has 1 heterocycles. The van der Waals surface area contributed by atoms with Gasteiger partial charge in [-0.05, 0) is 44.9 Å². The van der Waals surface area contributed by atoms with E-state index in [-0.39, 0.29) is 148 Å². The van der Waals surface area contributed by atoms with Crippen LogP contribution in [0, 0.1) is 20.8 Å². The van der Waals surface area contributed by atoms with E-state index < -0.39 is 33.8 Å². The third-order valence-electron chi connectivity index (χ3n) is 2.96. The number of aromatic nitrogens is 1. The molecule has 144 valence electrons. The van der Waals surface area contributed by atoms with Crippen LogP contribution in [0.5, 0.6) is 0 Å². The summed E-state index contributed by atoms with van der Waals surface area (Å²) in [5.41, 5.74) is 3.50. The van der Waals surface area contributed by atoms with E-state index in [2.05, 4.69) is 30.6 Å². The number of pyridine rings is 1. The standard InChI is InChI=1S/C8H11N.C4H11O9P3.5Na/c1-6-4-7(2)9-8(3)5-6;1-2-3-4(14(5,6)7,15(8,9)10)16(11,12)13;;;;;/h4-5H,1-3H3;2H,1,3H2,(H2,5,6,7)(H2,8,9,10)(H2,11,12,13);;;;;/q;;5*+1/p-6. The summed E-state index contributed by atoms with van der Waals surface area (Å²) in [6.45, 7) is 8.90. The summed E-state index contributed by atoms with van der Waals surface area (Å²) < 4.78 is 27.4. The third-order valence-corrected chi connectivity index (χ3v) is 10.5. The Labute approximate surface area is 287 Å². The third kappa shape index (κ3) is 14.2. The van der Waals surface area contributed by atoms with Gasteiger partial charge in [-0.15, -0.1) is 6.58 Å². The maximum absolute atomic E-state index is 10.6. The van der Waals surface area contributed by atoms with E-state index in [9.17, 15) is 43.1 Å². The van der Waals surface area contributed by atoms with Crippen LogP contribution in [-0.2, 0) is 13.7 Å². The molecule has 1 aromatic rings. The van der Waals surface area contributed by atoms with Gasteiger partial charge in [-0.2, -0.15) is 0 Å². The Morgan fingerprint density at radius 3 is 1.20 bits per heavy atom. The zero-order valence-electron chi connectivity index (χ0n) is 18.6. The van der Waals surface area contributed by atoms with Gasteiger partial charge in [0.05, 0.1) is 4.64 Å². The smallest absolute Gasteiger partial charge is 0.810 e. The van der Waals surface area contributed by atoms with E-state index in [1.165, 1.54) is 5.56 Å². The topological polar surface area (TPSA) is 202 Å². The van der Waals surface area contributed by atoms with E-state index in [4.69, 9.17) is 0 Å². The molecule has 0 saturated heterocycles. The minimum absolute atomic E-state index is 0. The molecule has 0 bridgehead atoms. The second-order valence-electron chi connectivity index (χ2n) is 5.19. The molecule has 0 aliphatic rings. The largest absolute Gasteiger partial charge is 1.00 e. The van der Waals surface area contributed by atoms with E-state index in [0.29, 0.717) is 6.08 Å². The van der Waals surface area contributed by atoms with Crippen molar-refractivity contribution in [3.05, 3.63) is 41.7 Å². The van der Waals surface area contributed by atoms with Crippen LogP contribution in [0.15, 0.2) is 24.8 Å². The Kier molecular flexibility index (Phi) is 30.8. The summed E-state index contributed by atoms with van der Waals surface area (Å²) in [4.78, 5) is 67.9. The van der Waals surface area contributed by atoms with E-state index in [1.807, 2.05) is 13.8 Å². The molecule has 1 aromatic heterocycles. The molecule has 18 heteroatoms. The number of nitrogens with zero attached hydrogens (tertiary/aromatic N) is 1. The Morgan fingerprint density at radius 1 is 0.800 bits per heavy atom. The van der Waals surface area contributed by atoms with Crippen LogP contribution >= 0.6 is 22.8 Å². The van der Waals surface area contributed by atoms with Gasteiger partial charge in [0.15, 0.2) is 0 Å². The van der Waals surface area contributed by atoms with Gasteiger partial charge in [-0.1, -0.05) is 28.9 Å². The number of rotatable bonds is 5. The monoisotopic (exact) mass is 526 g/mol. The van der Waals surface area contributed by atoms with Crippen molar-refractivity contribution in [2.24, 2.45) is 0 Å². The van der Waals surface area contributed by atoms with Crippen molar-refractivity contribution in [1.82, 2.24) is 4.98 Å². The van der Waals surface area contributed by atoms with Gasteiger partial charge < -0.3 is 43.1 Å². The van der Waals surface area contributed by atoms with Gasteiger partial charge in [0, 0.05) is 11.4 Å². The number of allylic oxidation sites excluding steroid dienone is 1. The predicted molar refractivity (Wildman–Crippen MR) is 78.8 cm³/mol. The van der Waals surface area contributed by atoms with Crippen LogP contribution in [-0.4, -0.2) is 9.62 Å². The van der Waals surface area contributed by atoms with Crippen molar-refractivity contribution in [2.45, 2.75) is 31.8 Å². The normalized spacial score (nSPS) is 10.8. The summed E-state index contributed by atoms with van der Waals surface area (Å²) in [5, 5.41) is 0. The fourth-order valence-electron chi connectivity index (χ4n) is 2.02. The molecule has 0 aliphatic heterocycles. The molecule has 0 atom stereocenters. The van der Waals surface area contributed by atoms with Crippen LogP contribution in [0.4, 0.5) is 0 Å². The molecule has 0 N–H and O–H groups in total. The fourth-order valence-corrected chi connectivity index (χ4v) is 6.68. The molecule has 1 rings (SSSR count). The first-order chi connectivity index (χ1) is 11.0. The van der Waals surface area contributed by atoms with Gasteiger partial charge in [0.1, 0.15) is 0 Å². The molecule has 10 nitrogen and oxygen atoms in total. The van der Waals surface area contributed by atoms with E-state index in [0.717, 1.165) is 11.4 Å². The van der Waals surface area contributed by atoms with Gasteiger partial charge in [-0.3, -0.25) is 4.98 Å². The average molecular weight is 526 g/mol. The summed E-state index contributed by atoms with van der Waals surface area (Å²) in [6, 6.07) is 4.15. The maximum atomic E-state index is 10.6. The average Bonchev–Trinajstić information content (AvgIpc) is 2.29.